The molecule has 2 heterocycles. The second-order valence-corrected chi connectivity index (χ2v) is 7.48. The normalized spacial score (nSPS) is 25.7. The summed E-state index contributed by atoms with van der Waals surface area (Å²) in [6, 6.07) is 4.21. The third kappa shape index (κ3) is 4.39. The van der Waals surface area contributed by atoms with Gasteiger partial charge in [0, 0.05) is 18.7 Å². The molecule has 0 saturated carbocycles. The van der Waals surface area contributed by atoms with Crippen LogP contribution in [0.15, 0.2) is 24.3 Å². The summed E-state index contributed by atoms with van der Waals surface area (Å²) in [5.41, 5.74) is -0.282. The zero-order valence-corrected chi connectivity index (χ0v) is 15.5. The fourth-order valence-corrected chi connectivity index (χ4v) is 4.24. The number of hydrogen-bond acceptors (Lipinski definition) is 2. The topological polar surface area (TPSA) is 49.4 Å². The molecule has 1 N–H and O–H groups in total. The van der Waals surface area contributed by atoms with Crippen molar-refractivity contribution < 1.29 is 22.8 Å². The number of carbonyl (C=O) groups excluding carboxylic acids is 2. The SMILES string of the molecule is O=C1CCC[C@H]2[C@H](C[C@H](c3cccc(C(F)(F)F)c3)N2C(=O)CCCCl)N1. The van der Waals surface area contributed by atoms with E-state index in [-0.39, 0.29) is 30.3 Å². The lowest BCUT2D eigenvalue weighted by Crippen LogP contribution is -2.45. The van der Waals surface area contributed by atoms with E-state index in [0.717, 1.165) is 12.1 Å². The van der Waals surface area contributed by atoms with Gasteiger partial charge in [-0.25, -0.2) is 0 Å². The van der Waals surface area contributed by atoms with Gasteiger partial charge in [-0.15, -0.1) is 11.6 Å². The van der Waals surface area contributed by atoms with Gasteiger partial charge in [-0.3, -0.25) is 9.59 Å². The van der Waals surface area contributed by atoms with E-state index in [9.17, 15) is 22.8 Å². The van der Waals surface area contributed by atoms with Crippen LogP contribution in [0.3, 0.4) is 0 Å². The highest BCUT2D eigenvalue weighted by Gasteiger charge is 2.45. The van der Waals surface area contributed by atoms with Gasteiger partial charge in [0.25, 0.3) is 0 Å². The van der Waals surface area contributed by atoms with Crippen LogP contribution >= 0.6 is 11.6 Å². The minimum atomic E-state index is -4.44. The summed E-state index contributed by atoms with van der Waals surface area (Å²) in [6.07, 6.45) is -1.55. The number of likely N-dealkylation sites (tertiary alicyclic amines) is 1. The molecule has 0 bridgehead atoms. The average Bonchev–Trinajstić information content (AvgIpc) is 2.87. The fourth-order valence-electron chi connectivity index (χ4n) is 4.11. The number of carbonyl (C=O) groups is 2. The summed E-state index contributed by atoms with van der Waals surface area (Å²) in [5, 5.41) is 2.95. The first-order valence-corrected chi connectivity index (χ1v) is 9.68. The Bertz CT molecular complexity index is 710. The first-order valence-electron chi connectivity index (χ1n) is 9.15. The number of amides is 2. The van der Waals surface area contributed by atoms with Crippen LogP contribution in [0.1, 0.15) is 55.7 Å². The maximum absolute atomic E-state index is 13.1. The third-order valence-corrected chi connectivity index (χ3v) is 5.56. The monoisotopic (exact) mass is 402 g/mol. The van der Waals surface area contributed by atoms with Crippen LogP contribution < -0.4 is 5.32 Å². The maximum Gasteiger partial charge on any atom is 0.416 e. The lowest BCUT2D eigenvalue weighted by atomic mass is 10.00. The third-order valence-electron chi connectivity index (χ3n) is 5.30. The Kier molecular flexibility index (Phi) is 5.99. The molecule has 0 unspecified atom stereocenters. The Morgan fingerprint density at radius 3 is 2.81 bits per heavy atom. The molecule has 3 rings (SSSR count). The number of fused-ring (bicyclic) bond motifs is 1. The zero-order chi connectivity index (χ0) is 19.6. The molecule has 0 spiro atoms. The van der Waals surface area contributed by atoms with E-state index in [1.54, 1.807) is 11.0 Å². The van der Waals surface area contributed by atoms with Gasteiger partial charge in [-0.1, -0.05) is 12.1 Å². The quantitative estimate of drug-likeness (QED) is 0.773. The van der Waals surface area contributed by atoms with Crippen molar-refractivity contribution in [3.8, 4) is 0 Å². The van der Waals surface area contributed by atoms with Crippen molar-refractivity contribution in [2.75, 3.05) is 5.88 Å². The molecule has 8 heteroatoms. The van der Waals surface area contributed by atoms with Gasteiger partial charge in [0.15, 0.2) is 0 Å². The molecule has 2 saturated heterocycles. The Balaban J connectivity index is 1.94. The summed E-state index contributed by atoms with van der Waals surface area (Å²) in [4.78, 5) is 26.5. The van der Waals surface area contributed by atoms with Crippen LogP contribution in [-0.2, 0) is 15.8 Å². The number of benzene rings is 1. The van der Waals surface area contributed by atoms with Gasteiger partial charge in [0.05, 0.1) is 23.7 Å². The van der Waals surface area contributed by atoms with Crippen LogP contribution in [0, 0.1) is 0 Å². The number of nitrogens with zero attached hydrogens (tertiary/aromatic N) is 1. The number of nitrogens with one attached hydrogen (secondary N) is 1. The molecule has 0 aliphatic carbocycles. The van der Waals surface area contributed by atoms with Crippen LogP contribution in [0.5, 0.6) is 0 Å². The summed E-state index contributed by atoms with van der Waals surface area (Å²) < 4.78 is 39.4. The average molecular weight is 403 g/mol. The predicted octanol–water partition coefficient (Wildman–Crippen LogP) is 4.04. The number of rotatable bonds is 4. The summed E-state index contributed by atoms with van der Waals surface area (Å²) in [6.45, 7) is 0. The summed E-state index contributed by atoms with van der Waals surface area (Å²) in [7, 11) is 0. The summed E-state index contributed by atoms with van der Waals surface area (Å²) in [5.74, 6) is 0.153. The number of hydrogen-bond donors (Lipinski definition) is 1. The van der Waals surface area contributed by atoms with Crippen molar-refractivity contribution in [2.45, 2.75) is 62.8 Å². The van der Waals surface area contributed by atoms with Gasteiger partial charge in [0.2, 0.25) is 11.8 Å². The maximum atomic E-state index is 13.1. The second-order valence-electron chi connectivity index (χ2n) is 7.10. The number of alkyl halides is 4. The van der Waals surface area contributed by atoms with E-state index in [2.05, 4.69) is 5.32 Å². The van der Waals surface area contributed by atoms with Crippen molar-refractivity contribution in [3.05, 3.63) is 35.4 Å². The van der Waals surface area contributed by atoms with E-state index in [4.69, 9.17) is 11.6 Å². The molecule has 148 valence electrons. The highest BCUT2D eigenvalue weighted by atomic mass is 35.5. The molecule has 1 aromatic carbocycles. The fraction of sp³-hybridized carbons (Fsp3) is 0.579. The van der Waals surface area contributed by atoms with Crippen molar-refractivity contribution >= 4 is 23.4 Å². The highest BCUT2D eigenvalue weighted by Crippen LogP contribution is 2.41. The molecule has 27 heavy (non-hydrogen) atoms. The van der Waals surface area contributed by atoms with Gasteiger partial charge in [-0.2, -0.15) is 13.2 Å². The second kappa shape index (κ2) is 8.09. The first-order chi connectivity index (χ1) is 12.8. The molecule has 4 nitrogen and oxygen atoms in total. The number of halogens is 4. The smallest absolute Gasteiger partial charge is 0.351 e. The van der Waals surface area contributed by atoms with Crippen molar-refractivity contribution in [1.29, 1.82) is 0 Å². The van der Waals surface area contributed by atoms with E-state index >= 15 is 0 Å². The van der Waals surface area contributed by atoms with Crippen LogP contribution in [-0.4, -0.2) is 34.7 Å². The van der Waals surface area contributed by atoms with Gasteiger partial charge in [-0.05, 0) is 43.4 Å². The van der Waals surface area contributed by atoms with E-state index in [0.29, 0.717) is 43.5 Å². The lowest BCUT2D eigenvalue weighted by molar-refractivity contribution is -0.137. The minimum absolute atomic E-state index is 0.0691. The first kappa shape index (κ1) is 20.0. The predicted molar refractivity (Wildman–Crippen MR) is 95.2 cm³/mol. The molecular formula is C19H22ClF3N2O2. The molecule has 2 aliphatic heterocycles. The highest BCUT2D eigenvalue weighted by molar-refractivity contribution is 6.17. The van der Waals surface area contributed by atoms with E-state index in [1.165, 1.54) is 6.07 Å². The molecule has 2 aliphatic rings. The van der Waals surface area contributed by atoms with Gasteiger partial charge >= 0.3 is 6.18 Å². The summed E-state index contributed by atoms with van der Waals surface area (Å²) >= 11 is 5.71. The Morgan fingerprint density at radius 1 is 1.33 bits per heavy atom. The minimum Gasteiger partial charge on any atom is -0.351 e. The molecule has 2 fully saturated rings. The molecule has 0 radical (unpaired) electrons. The van der Waals surface area contributed by atoms with Crippen LogP contribution in [0.25, 0.3) is 0 Å². The van der Waals surface area contributed by atoms with Gasteiger partial charge in [0.1, 0.15) is 0 Å². The molecular weight excluding hydrogens is 381 g/mol. The molecule has 3 atom stereocenters. The van der Waals surface area contributed by atoms with Gasteiger partial charge < -0.3 is 10.2 Å². The standard InChI is InChI=1S/C19H22ClF3N2O2/c20-9-3-8-18(27)25-15-6-2-7-17(26)24-14(15)11-16(25)12-4-1-5-13(10-12)19(21,22)23/h1,4-5,10,14-16H,2-3,6-9,11H2,(H,24,26)/t14-,15-,16+/m0/s1. The van der Waals surface area contributed by atoms with Crippen LogP contribution in [0.2, 0.25) is 0 Å². The van der Waals surface area contributed by atoms with E-state index in [1.807, 2.05) is 0 Å². The Labute approximate surface area is 161 Å². The zero-order valence-electron chi connectivity index (χ0n) is 14.8. The largest absolute Gasteiger partial charge is 0.416 e. The Hall–Kier alpha value is -1.76. The van der Waals surface area contributed by atoms with Crippen molar-refractivity contribution in [1.82, 2.24) is 10.2 Å². The Morgan fingerprint density at radius 2 is 2.11 bits per heavy atom. The van der Waals surface area contributed by atoms with Crippen molar-refractivity contribution in [2.24, 2.45) is 0 Å². The molecule has 0 aromatic heterocycles. The molecule has 1 aromatic rings. The molecule has 2 amide bonds. The van der Waals surface area contributed by atoms with E-state index < -0.39 is 17.8 Å². The lowest BCUT2D eigenvalue weighted by Gasteiger charge is -2.31. The van der Waals surface area contributed by atoms with Crippen LogP contribution in [0.4, 0.5) is 13.2 Å². The van der Waals surface area contributed by atoms with Crippen molar-refractivity contribution in [3.63, 3.8) is 0 Å².